The lowest BCUT2D eigenvalue weighted by Gasteiger charge is -2.30. The molecule has 1 aromatic rings. The Kier molecular flexibility index (Phi) is 6.37. The highest BCUT2D eigenvalue weighted by atomic mass is 16.2. The Morgan fingerprint density at radius 3 is 2.57 bits per heavy atom. The number of hydrogen-bond donors (Lipinski definition) is 1. The van der Waals surface area contributed by atoms with Crippen LogP contribution in [0.15, 0.2) is 30.3 Å². The Bertz CT molecular complexity index is 641. The molecule has 2 aliphatic heterocycles. The standard InChI is InChI=1S/C24H37N3O/c1-18(2)14-23(27-12-6-7-13-27)24(28)25-22-11-10-20-16-26(17-21(20)22)15-19-8-4-3-5-9-19/h3-5,8-9,18,20-23H,6-7,10-17H2,1-2H3,(H,25,28)/t20-,21+,22+,23-/m0/s1. The lowest BCUT2D eigenvalue weighted by molar-refractivity contribution is -0.127. The molecule has 28 heavy (non-hydrogen) atoms. The van der Waals surface area contributed by atoms with E-state index < -0.39 is 0 Å². The van der Waals surface area contributed by atoms with Crippen molar-refractivity contribution in [2.24, 2.45) is 17.8 Å². The lowest BCUT2D eigenvalue weighted by atomic mass is 9.96. The maximum atomic E-state index is 13.2. The molecule has 4 nitrogen and oxygen atoms in total. The third-order valence-electron chi connectivity index (χ3n) is 7.09. The first kappa shape index (κ1) is 19.9. The van der Waals surface area contributed by atoms with E-state index in [1.165, 1.54) is 31.4 Å². The molecule has 4 rings (SSSR count). The number of nitrogens with one attached hydrogen (secondary N) is 1. The van der Waals surface area contributed by atoms with Crippen LogP contribution in [-0.4, -0.2) is 54.0 Å². The van der Waals surface area contributed by atoms with Gasteiger partial charge in [0, 0.05) is 25.7 Å². The van der Waals surface area contributed by atoms with Crippen LogP contribution in [0, 0.1) is 17.8 Å². The predicted octanol–water partition coefficient (Wildman–Crippen LogP) is 3.52. The zero-order chi connectivity index (χ0) is 19.5. The van der Waals surface area contributed by atoms with Crippen molar-refractivity contribution in [1.29, 1.82) is 0 Å². The van der Waals surface area contributed by atoms with Gasteiger partial charge in [-0.1, -0.05) is 44.2 Å². The van der Waals surface area contributed by atoms with E-state index in [0.29, 0.717) is 23.8 Å². The maximum absolute atomic E-state index is 13.2. The van der Waals surface area contributed by atoms with Gasteiger partial charge in [0.25, 0.3) is 0 Å². The summed E-state index contributed by atoms with van der Waals surface area (Å²) in [5.74, 6) is 2.23. The summed E-state index contributed by atoms with van der Waals surface area (Å²) in [6.07, 6.45) is 5.88. The fourth-order valence-electron chi connectivity index (χ4n) is 5.71. The van der Waals surface area contributed by atoms with Crippen LogP contribution in [0.4, 0.5) is 0 Å². The molecule has 1 aromatic carbocycles. The summed E-state index contributed by atoms with van der Waals surface area (Å²) in [4.78, 5) is 18.2. The quantitative estimate of drug-likeness (QED) is 0.782. The molecule has 0 aromatic heterocycles. The largest absolute Gasteiger partial charge is 0.352 e. The Hall–Kier alpha value is -1.39. The van der Waals surface area contributed by atoms with Gasteiger partial charge < -0.3 is 5.32 Å². The maximum Gasteiger partial charge on any atom is 0.237 e. The van der Waals surface area contributed by atoms with E-state index >= 15 is 0 Å². The molecule has 1 aliphatic carbocycles. The van der Waals surface area contributed by atoms with Crippen LogP contribution < -0.4 is 5.32 Å². The molecule has 154 valence electrons. The van der Waals surface area contributed by atoms with Crippen molar-refractivity contribution in [2.45, 2.75) is 64.6 Å². The summed E-state index contributed by atoms with van der Waals surface area (Å²) in [6, 6.07) is 11.2. The average molecular weight is 384 g/mol. The molecular weight excluding hydrogens is 346 g/mol. The number of nitrogens with zero attached hydrogens (tertiary/aromatic N) is 2. The van der Waals surface area contributed by atoms with Crippen molar-refractivity contribution in [3.8, 4) is 0 Å². The summed E-state index contributed by atoms with van der Waals surface area (Å²) >= 11 is 0. The van der Waals surface area contributed by atoms with Gasteiger partial charge in [0.05, 0.1) is 6.04 Å². The second-order valence-corrected chi connectivity index (χ2v) is 9.68. The third-order valence-corrected chi connectivity index (χ3v) is 7.09. The monoisotopic (exact) mass is 383 g/mol. The lowest BCUT2D eigenvalue weighted by Crippen LogP contribution is -2.50. The molecule has 4 atom stereocenters. The van der Waals surface area contributed by atoms with Gasteiger partial charge in [-0.25, -0.2) is 0 Å². The van der Waals surface area contributed by atoms with Crippen LogP contribution in [0.1, 0.15) is 51.5 Å². The second kappa shape index (κ2) is 8.96. The van der Waals surface area contributed by atoms with Gasteiger partial charge in [0.2, 0.25) is 5.91 Å². The van der Waals surface area contributed by atoms with Gasteiger partial charge in [-0.2, -0.15) is 0 Å². The number of amides is 1. The van der Waals surface area contributed by atoms with Gasteiger partial charge in [0.1, 0.15) is 0 Å². The molecule has 0 spiro atoms. The molecule has 3 fully saturated rings. The van der Waals surface area contributed by atoms with E-state index in [1.807, 2.05) is 0 Å². The highest BCUT2D eigenvalue weighted by molar-refractivity contribution is 5.82. The third kappa shape index (κ3) is 4.60. The Morgan fingerprint density at radius 1 is 1.11 bits per heavy atom. The molecule has 1 N–H and O–H groups in total. The number of benzene rings is 1. The highest BCUT2D eigenvalue weighted by Crippen LogP contribution is 2.39. The molecular formula is C24H37N3O. The number of rotatable bonds is 7. The number of hydrogen-bond acceptors (Lipinski definition) is 3. The summed E-state index contributed by atoms with van der Waals surface area (Å²) in [6.45, 7) is 10.0. The second-order valence-electron chi connectivity index (χ2n) is 9.68. The molecule has 3 aliphatic rings. The van der Waals surface area contributed by atoms with Gasteiger partial charge in [-0.05, 0) is 68.5 Å². The van der Waals surface area contributed by atoms with E-state index in [1.54, 1.807) is 0 Å². The van der Waals surface area contributed by atoms with E-state index in [2.05, 4.69) is 59.3 Å². The number of carbonyl (C=O) groups is 1. The molecule has 0 bridgehead atoms. The molecule has 0 radical (unpaired) electrons. The number of fused-ring (bicyclic) bond motifs is 1. The molecule has 1 amide bonds. The smallest absolute Gasteiger partial charge is 0.237 e. The minimum atomic E-state index is 0.0726. The highest BCUT2D eigenvalue weighted by Gasteiger charge is 2.43. The summed E-state index contributed by atoms with van der Waals surface area (Å²) in [5.41, 5.74) is 1.40. The zero-order valence-electron chi connectivity index (χ0n) is 17.6. The zero-order valence-corrected chi connectivity index (χ0v) is 17.6. The summed E-state index contributed by atoms with van der Waals surface area (Å²) in [7, 11) is 0. The topological polar surface area (TPSA) is 35.6 Å². The van der Waals surface area contributed by atoms with Crippen LogP contribution in [0.5, 0.6) is 0 Å². The first-order valence-corrected chi connectivity index (χ1v) is 11.4. The van der Waals surface area contributed by atoms with E-state index in [9.17, 15) is 4.79 Å². The average Bonchev–Trinajstić information content (AvgIpc) is 3.39. The minimum Gasteiger partial charge on any atom is -0.352 e. The number of likely N-dealkylation sites (tertiary alicyclic amines) is 2. The van der Waals surface area contributed by atoms with Crippen molar-refractivity contribution in [3.63, 3.8) is 0 Å². The van der Waals surface area contributed by atoms with E-state index in [-0.39, 0.29) is 6.04 Å². The predicted molar refractivity (Wildman–Crippen MR) is 114 cm³/mol. The van der Waals surface area contributed by atoms with Crippen LogP contribution in [0.3, 0.4) is 0 Å². The van der Waals surface area contributed by atoms with Crippen molar-refractivity contribution < 1.29 is 4.79 Å². The SMILES string of the molecule is CC(C)C[C@@H](C(=O)N[C@@H]1CC[C@H]2CN(Cc3ccccc3)C[C@H]21)N1CCCC1. The fourth-order valence-corrected chi connectivity index (χ4v) is 5.71. The Morgan fingerprint density at radius 2 is 1.86 bits per heavy atom. The normalized spacial score (nSPS) is 29.3. The van der Waals surface area contributed by atoms with E-state index in [0.717, 1.165) is 44.9 Å². The molecule has 2 heterocycles. The van der Waals surface area contributed by atoms with Gasteiger partial charge >= 0.3 is 0 Å². The summed E-state index contributed by atoms with van der Waals surface area (Å²) < 4.78 is 0. The van der Waals surface area contributed by atoms with Crippen LogP contribution in [-0.2, 0) is 11.3 Å². The fraction of sp³-hybridized carbons (Fsp3) is 0.708. The Labute approximate surface area is 170 Å². The van der Waals surface area contributed by atoms with Crippen molar-refractivity contribution in [3.05, 3.63) is 35.9 Å². The van der Waals surface area contributed by atoms with Crippen LogP contribution in [0.2, 0.25) is 0 Å². The molecule has 0 unspecified atom stereocenters. The molecule has 4 heteroatoms. The van der Waals surface area contributed by atoms with Crippen LogP contribution in [0.25, 0.3) is 0 Å². The van der Waals surface area contributed by atoms with Crippen molar-refractivity contribution in [1.82, 2.24) is 15.1 Å². The number of carbonyl (C=O) groups excluding carboxylic acids is 1. The van der Waals surface area contributed by atoms with Gasteiger partial charge in [0.15, 0.2) is 0 Å². The van der Waals surface area contributed by atoms with Gasteiger partial charge in [-0.15, -0.1) is 0 Å². The minimum absolute atomic E-state index is 0.0726. The van der Waals surface area contributed by atoms with E-state index in [4.69, 9.17) is 0 Å². The van der Waals surface area contributed by atoms with Gasteiger partial charge in [-0.3, -0.25) is 14.6 Å². The molecule has 1 saturated carbocycles. The van der Waals surface area contributed by atoms with Crippen LogP contribution >= 0.6 is 0 Å². The molecule has 2 saturated heterocycles. The summed E-state index contributed by atoms with van der Waals surface area (Å²) in [5, 5.41) is 3.51. The van der Waals surface area contributed by atoms with Crippen molar-refractivity contribution in [2.75, 3.05) is 26.2 Å². The Balaban J connectivity index is 1.35. The first-order chi connectivity index (χ1) is 13.6. The first-order valence-electron chi connectivity index (χ1n) is 11.4. The van der Waals surface area contributed by atoms with Crippen molar-refractivity contribution >= 4 is 5.91 Å².